The second-order valence-corrected chi connectivity index (χ2v) is 10.0. The maximum atomic E-state index is 14.8. The zero-order valence-corrected chi connectivity index (χ0v) is 22.3. The van der Waals surface area contributed by atoms with E-state index in [0.717, 1.165) is 11.8 Å². The molecule has 0 unspecified atom stereocenters. The molecule has 0 fully saturated rings. The number of benzene rings is 1. The van der Waals surface area contributed by atoms with Crippen LogP contribution in [-0.4, -0.2) is 32.4 Å². The van der Waals surface area contributed by atoms with Crippen LogP contribution in [0.4, 0.5) is 26.4 Å². The second kappa shape index (κ2) is 9.85. The standard InChI is InChI=1S/C26H29ClFN7O2/c1-7-21-20(13-31-35(21)26(2,3)4)33-25(37)32-19-9-15(17(27)10-18(19)28)16-8-14-12-30-23(29-5)11-22(14)34(6)24(16)36/h8-13H,7H2,1-6H3,(H,29,30)(H2,32,33,37). The van der Waals surface area contributed by atoms with E-state index in [-0.39, 0.29) is 32.9 Å². The van der Waals surface area contributed by atoms with Gasteiger partial charge >= 0.3 is 6.03 Å². The maximum absolute atomic E-state index is 14.8. The lowest BCUT2D eigenvalue weighted by molar-refractivity contribution is 0.262. The van der Waals surface area contributed by atoms with Gasteiger partial charge in [0.05, 0.1) is 39.3 Å². The third kappa shape index (κ3) is 5.01. The Labute approximate surface area is 218 Å². The van der Waals surface area contributed by atoms with E-state index in [0.29, 0.717) is 28.8 Å². The van der Waals surface area contributed by atoms with E-state index in [2.05, 4.69) is 26.0 Å². The van der Waals surface area contributed by atoms with Gasteiger partial charge in [-0.25, -0.2) is 14.2 Å². The smallest absolute Gasteiger partial charge is 0.323 e. The summed E-state index contributed by atoms with van der Waals surface area (Å²) in [6.07, 6.45) is 3.85. The van der Waals surface area contributed by atoms with Gasteiger partial charge < -0.3 is 20.5 Å². The number of hydrogen-bond donors (Lipinski definition) is 3. The van der Waals surface area contributed by atoms with Gasteiger partial charge in [-0.15, -0.1) is 0 Å². The SMILES string of the molecule is CCc1c(NC(=O)Nc2cc(-c3cc4cnc(NC)cc4n(C)c3=O)c(Cl)cc2F)cnn1C(C)(C)C. The molecule has 194 valence electrons. The number of carbonyl (C=O) groups is 1. The summed E-state index contributed by atoms with van der Waals surface area (Å²) < 4.78 is 18.1. The van der Waals surface area contributed by atoms with Crippen molar-refractivity contribution in [2.75, 3.05) is 23.0 Å². The number of carbonyl (C=O) groups excluding carboxylic acids is 1. The molecule has 4 rings (SSSR count). The molecule has 3 heterocycles. The molecule has 0 aliphatic heterocycles. The summed E-state index contributed by atoms with van der Waals surface area (Å²) in [5, 5.41) is 13.4. The van der Waals surface area contributed by atoms with Crippen molar-refractivity contribution in [2.24, 2.45) is 7.05 Å². The minimum absolute atomic E-state index is 0.0411. The fourth-order valence-corrected chi connectivity index (χ4v) is 4.47. The predicted molar refractivity (Wildman–Crippen MR) is 146 cm³/mol. The first kappa shape index (κ1) is 26.2. The number of nitrogens with one attached hydrogen (secondary N) is 3. The first-order valence-corrected chi connectivity index (χ1v) is 12.1. The van der Waals surface area contributed by atoms with E-state index in [1.165, 1.54) is 10.6 Å². The van der Waals surface area contributed by atoms with Crippen molar-refractivity contribution in [3.8, 4) is 11.1 Å². The van der Waals surface area contributed by atoms with Crippen LogP contribution in [0.15, 0.2) is 41.5 Å². The summed E-state index contributed by atoms with van der Waals surface area (Å²) >= 11 is 6.36. The Kier molecular flexibility index (Phi) is 6.96. The Morgan fingerprint density at radius 2 is 1.78 bits per heavy atom. The number of rotatable bonds is 5. The molecule has 4 aromatic rings. The number of aromatic nitrogens is 4. The number of anilines is 3. The molecule has 3 aromatic heterocycles. The van der Waals surface area contributed by atoms with Gasteiger partial charge in [0.25, 0.3) is 5.56 Å². The minimum Gasteiger partial charge on any atom is -0.373 e. The van der Waals surface area contributed by atoms with Crippen molar-refractivity contribution in [3.63, 3.8) is 0 Å². The van der Waals surface area contributed by atoms with Crippen molar-refractivity contribution in [1.82, 2.24) is 19.3 Å². The molecule has 0 radical (unpaired) electrons. The van der Waals surface area contributed by atoms with Gasteiger partial charge in [-0.2, -0.15) is 5.10 Å². The highest BCUT2D eigenvalue weighted by atomic mass is 35.5. The van der Waals surface area contributed by atoms with Crippen LogP contribution in [0.1, 0.15) is 33.4 Å². The Hall–Kier alpha value is -3.92. The number of aryl methyl sites for hydroxylation is 1. The van der Waals surface area contributed by atoms with Gasteiger partial charge in [0.1, 0.15) is 11.6 Å². The van der Waals surface area contributed by atoms with E-state index in [4.69, 9.17) is 11.6 Å². The summed E-state index contributed by atoms with van der Waals surface area (Å²) in [7, 11) is 3.38. The number of halogens is 2. The molecule has 0 saturated carbocycles. The third-order valence-corrected chi connectivity index (χ3v) is 6.36. The molecule has 0 aliphatic carbocycles. The van der Waals surface area contributed by atoms with E-state index in [1.807, 2.05) is 32.4 Å². The number of amides is 2. The lowest BCUT2D eigenvalue weighted by Crippen LogP contribution is -2.26. The predicted octanol–water partition coefficient (Wildman–Crippen LogP) is 5.59. The van der Waals surface area contributed by atoms with Gasteiger partial charge in [0.2, 0.25) is 0 Å². The Balaban J connectivity index is 1.69. The average Bonchev–Trinajstić information content (AvgIpc) is 3.26. The second-order valence-electron chi connectivity index (χ2n) is 9.63. The Morgan fingerprint density at radius 3 is 2.43 bits per heavy atom. The molecule has 1 aromatic carbocycles. The van der Waals surface area contributed by atoms with Crippen LogP contribution in [0.2, 0.25) is 5.02 Å². The summed E-state index contributed by atoms with van der Waals surface area (Å²) in [5.41, 5.74) is 1.86. The Bertz CT molecular complexity index is 1570. The van der Waals surface area contributed by atoms with Crippen LogP contribution in [0.25, 0.3) is 22.0 Å². The van der Waals surface area contributed by atoms with Crippen molar-refractivity contribution >= 4 is 45.7 Å². The van der Waals surface area contributed by atoms with Crippen LogP contribution in [0.5, 0.6) is 0 Å². The zero-order chi connectivity index (χ0) is 27.1. The molecule has 0 aliphatic rings. The minimum atomic E-state index is -0.733. The number of pyridine rings is 2. The molecule has 0 atom stereocenters. The first-order valence-electron chi connectivity index (χ1n) is 11.8. The first-order chi connectivity index (χ1) is 17.4. The van der Waals surface area contributed by atoms with Crippen molar-refractivity contribution in [1.29, 1.82) is 0 Å². The van der Waals surface area contributed by atoms with E-state index < -0.39 is 11.8 Å². The van der Waals surface area contributed by atoms with Crippen LogP contribution >= 0.6 is 11.6 Å². The fraction of sp³-hybridized carbons (Fsp3) is 0.308. The molecule has 37 heavy (non-hydrogen) atoms. The van der Waals surface area contributed by atoms with E-state index >= 15 is 0 Å². The summed E-state index contributed by atoms with van der Waals surface area (Å²) in [6, 6.07) is 5.20. The maximum Gasteiger partial charge on any atom is 0.323 e. The normalized spacial score (nSPS) is 11.6. The molecule has 9 nitrogen and oxygen atoms in total. The van der Waals surface area contributed by atoms with Crippen LogP contribution in [-0.2, 0) is 19.0 Å². The van der Waals surface area contributed by atoms with Crippen LogP contribution in [0.3, 0.4) is 0 Å². The number of nitrogens with zero attached hydrogens (tertiary/aromatic N) is 4. The highest BCUT2D eigenvalue weighted by Gasteiger charge is 2.22. The molecule has 11 heteroatoms. The lowest BCUT2D eigenvalue weighted by atomic mass is 10.0. The molecule has 0 saturated heterocycles. The Morgan fingerprint density at radius 1 is 1.08 bits per heavy atom. The highest BCUT2D eigenvalue weighted by molar-refractivity contribution is 6.33. The number of hydrogen-bond acceptors (Lipinski definition) is 5. The van der Waals surface area contributed by atoms with Crippen molar-refractivity contribution in [2.45, 2.75) is 39.7 Å². The third-order valence-electron chi connectivity index (χ3n) is 6.05. The molecule has 2 amide bonds. The molecular weight excluding hydrogens is 497 g/mol. The van der Waals surface area contributed by atoms with Crippen LogP contribution < -0.4 is 21.5 Å². The van der Waals surface area contributed by atoms with E-state index in [1.54, 1.807) is 38.6 Å². The monoisotopic (exact) mass is 525 g/mol. The average molecular weight is 526 g/mol. The van der Waals surface area contributed by atoms with Gasteiger partial charge in [0, 0.05) is 42.9 Å². The molecular formula is C26H29ClFN7O2. The zero-order valence-electron chi connectivity index (χ0n) is 21.5. The lowest BCUT2D eigenvalue weighted by Gasteiger charge is -2.22. The summed E-state index contributed by atoms with van der Waals surface area (Å²) in [5.74, 6) is -0.116. The van der Waals surface area contributed by atoms with Gasteiger partial charge in [0.15, 0.2) is 0 Å². The number of fused-ring (bicyclic) bond motifs is 1. The highest BCUT2D eigenvalue weighted by Crippen LogP contribution is 2.33. The summed E-state index contributed by atoms with van der Waals surface area (Å²) in [4.78, 5) is 30.3. The topological polar surface area (TPSA) is 106 Å². The van der Waals surface area contributed by atoms with Crippen LogP contribution in [0, 0.1) is 5.82 Å². The van der Waals surface area contributed by atoms with E-state index in [9.17, 15) is 14.0 Å². The van der Waals surface area contributed by atoms with Crippen molar-refractivity contribution in [3.05, 3.63) is 63.5 Å². The van der Waals surface area contributed by atoms with Crippen molar-refractivity contribution < 1.29 is 9.18 Å². The molecule has 0 spiro atoms. The van der Waals surface area contributed by atoms with Gasteiger partial charge in [-0.3, -0.25) is 9.48 Å². The quantitative estimate of drug-likeness (QED) is 0.315. The van der Waals surface area contributed by atoms with Gasteiger partial charge in [-0.1, -0.05) is 18.5 Å². The molecule has 0 bridgehead atoms. The summed E-state index contributed by atoms with van der Waals surface area (Å²) in [6.45, 7) is 8.01. The largest absolute Gasteiger partial charge is 0.373 e. The molecule has 3 N–H and O–H groups in total. The fourth-order valence-electron chi connectivity index (χ4n) is 4.22. The number of urea groups is 1. The van der Waals surface area contributed by atoms with Gasteiger partial charge in [-0.05, 0) is 45.4 Å².